The Hall–Kier alpha value is -1.91. The van der Waals surface area contributed by atoms with Crippen LogP contribution in [-0.2, 0) is 16.0 Å². The van der Waals surface area contributed by atoms with Crippen LogP contribution in [0.5, 0.6) is 0 Å². The van der Waals surface area contributed by atoms with Gasteiger partial charge in [0.15, 0.2) is 6.29 Å². The molecule has 0 aliphatic carbocycles. The highest BCUT2D eigenvalue weighted by Crippen LogP contribution is 2.23. The molecule has 3 N–H and O–H groups in total. The second-order valence-corrected chi connectivity index (χ2v) is 5.29. The maximum absolute atomic E-state index is 10.0. The lowest BCUT2D eigenvalue weighted by Gasteiger charge is -2.39. The van der Waals surface area contributed by atoms with Gasteiger partial charge < -0.3 is 24.8 Å². The van der Waals surface area contributed by atoms with Gasteiger partial charge in [-0.15, -0.1) is 5.10 Å². The van der Waals surface area contributed by atoms with E-state index in [4.69, 9.17) is 9.47 Å². The SMILES string of the molecule is CO[C@@H]1O[C@H](Cn2cc(-c3ccccn3)nn2)[C@H](O)[C@H](O)[C@H]1O. The first kappa shape index (κ1) is 16.0. The Morgan fingerprint density at radius 3 is 2.70 bits per heavy atom. The third-order valence-corrected chi connectivity index (χ3v) is 3.73. The number of methoxy groups -OCH3 is 1. The van der Waals surface area contributed by atoms with Gasteiger partial charge >= 0.3 is 0 Å². The fourth-order valence-corrected chi connectivity index (χ4v) is 2.47. The molecular formula is C14H18N4O5. The third kappa shape index (κ3) is 3.23. The van der Waals surface area contributed by atoms with E-state index in [-0.39, 0.29) is 6.54 Å². The summed E-state index contributed by atoms with van der Waals surface area (Å²) in [6.07, 6.45) is -2.43. The number of hydrogen-bond donors (Lipinski definition) is 3. The molecular weight excluding hydrogens is 304 g/mol. The molecule has 1 aliphatic rings. The minimum Gasteiger partial charge on any atom is -0.388 e. The van der Waals surface area contributed by atoms with Crippen LogP contribution >= 0.6 is 0 Å². The Balaban J connectivity index is 1.73. The maximum atomic E-state index is 10.0. The van der Waals surface area contributed by atoms with Gasteiger partial charge in [-0.25, -0.2) is 4.68 Å². The predicted octanol–water partition coefficient (Wildman–Crippen LogP) is -1.21. The summed E-state index contributed by atoms with van der Waals surface area (Å²) in [7, 11) is 1.35. The topological polar surface area (TPSA) is 123 Å². The molecule has 0 bridgehead atoms. The van der Waals surface area contributed by atoms with Crippen LogP contribution in [0.15, 0.2) is 30.6 Å². The molecule has 0 radical (unpaired) electrons. The van der Waals surface area contributed by atoms with Crippen LogP contribution in [0.25, 0.3) is 11.4 Å². The maximum Gasteiger partial charge on any atom is 0.186 e. The molecule has 1 aliphatic heterocycles. The largest absolute Gasteiger partial charge is 0.388 e. The van der Waals surface area contributed by atoms with E-state index in [1.54, 1.807) is 24.5 Å². The Bertz CT molecular complexity index is 635. The average Bonchev–Trinajstić information content (AvgIpc) is 3.05. The molecule has 0 spiro atoms. The number of ether oxygens (including phenoxy) is 2. The summed E-state index contributed by atoms with van der Waals surface area (Å²) in [5.74, 6) is 0. The van der Waals surface area contributed by atoms with Crippen LogP contribution in [0.2, 0.25) is 0 Å². The van der Waals surface area contributed by atoms with E-state index in [1.165, 1.54) is 11.8 Å². The Morgan fingerprint density at radius 1 is 1.17 bits per heavy atom. The summed E-state index contributed by atoms with van der Waals surface area (Å²) in [4.78, 5) is 4.18. The minimum atomic E-state index is -1.36. The van der Waals surface area contributed by atoms with Gasteiger partial charge in [-0.2, -0.15) is 0 Å². The zero-order valence-electron chi connectivity index (χ0n) is 12.4. The van der Waals surface area contributed by atoms with Crippen LogP contribution in [0, 0.1) is 0 Å². The van der Waals surface area contributed by atoms with Crippen LogP contribution in [-0.4, -0.2) is 73.1 Å². The number of rotatable bonds is 4. The normalized spacial score (nSPS) is 31.2. The van der Waals surface area contributed by atoms with E-state index in [9.17, 15) is 15.3 Å². The lowest BCUT2D eigenvalue weighted by atomic mass is 9.99. The van der Waals surface area contributed by atoms with Gasteiger partial charge in [0, 0.05) is 13.3 Å². The second-order valence-electron chi connectivity index (χ2n) is 5.29. The molecule has 5 atom stereocenters. The number of hydrogen-bond acceptors (Lipinski definition) is 8. The number of pyridine rings is 1. The van der Waals surface area contributed by atoms with Crippen molar-refractivity contribution in [2.75, 3.05) is 7.11 Å². The molecule has 0 aromatic carbocycles. The van der Waals surface area contributed by atoms with Gasteiger partial charge in [0.25, 0.3) is 0 Å². The lowest BCUT2D eigenvalue weighted by Crippen LogP contribution is -2.58. The minimum absolute atomic E-state index is 0.143. The first-order valence-corrected chi connectivity index (χ1v) is 7.14. The van der Waals surface area contributed by atoms with Crippen molar-refractivity contribution in [2.45, 2.75) is 37.3 Å². The number of aromatic nitrogens is 4. The highest BCUT2D eigenvalue weighted by Gasteiger charge is 2.44. The standard InChI is InChI=1S/C14H18N4O5/c1-22-14-13(21)12(20)11(19)10(23-14)7-18-6-9(16-17-18)8-4-2-3-5-15-8/h2-6,10-14,19-21H,7H2,1H3/t10-,11+,12+,13-,14-/m1/s1. The lowest BCUT2D eigenvalue weighted by molar-refractivity contribution is -0.292. The molecule has 0 amide bonds. The monoisotopic (exact) mass is 322 g/mol. The Kier molecular flexibility index (Phi) is 4.64. The molecule has 2 aromatic heterocycles. The predicted molar refractivity (Wildman–Crippen MR) is 76.9 cm³/mol. The van der Waals surface area contributed by atoms with Crippen molar-refractivity contribution >= 4 is 0 Å². The molecule has 124 valence electrons. The van der Waals surface area contributed by atoms with Crippen molar-refractivity contribution in [1.29, 1.82) is 0 Å². The van der Waals surface area contributed by atoms with E-state index in [0.29, 0.717) is 11.4 Å². The van der Waals surface area contributed by atoms with Crippen LogP contribution in [0.4, 0.5) is 0 Å². The average molecular weight is 322 g/mol. The van der Waals surface area contributed by atoms with Gasteiger partial charge in [-0.05, 0) is 12.1 Å². The van der Waals surface area contributed by atoms with E-state index in [2.05, 4.69) is 15.3 Å². The first-order valence-electron chi connectivity index (χ1n) is 7.14. The van der Waals surface area contributed by atoms with Crippen molar-refractivity contribution in [1.82, 2.24) is 20.0 Å². The molecule has 1 fully saturated rings. The van der Waals surface area contributed by atoms with Crippen molar-refractivity contribution in [3.63, 3.8) is 0 Å². The third-order valence-electron chi connectivity index (χ3n) is 3.73. The fourth-order valence-electron chi connectivity index (χ4n) is 2.47. The van der Waals surface area contributed by atoms with E-state index >= 15 is 0 Å². The quantitative estimate of drug-likeness (QED) is 0.641. The number of aliphatic hydroxyl groups excluding tert-OH is 3. The number of nitrogens with zero attached hydrogens (tertiary/aromatic N) is 4. The molecule has 3 rings (SSSR count). The summed E-state index contributed by atoms with van der Waals surface area (Å²) in [6, 6.07) is 5.45. The molecule has 3 heterocycles. The molecule has 9 heteroatoms. The van der Waals surface area contributed by atoms with E-state index < -0.39 is 30.7 Å². The van der Waals surface area contributed by atoms with Crippen LogP contribution < -0.4 is 0 Å². The van der Waals surface area contributed by atoms with Crippen LogP contribution in [0.1, 0.15) is 0 Å². The summed E-state index contributed by atoms with van der Waals surface area (Å²) in [6.45, 7) is 0.143. The van der Waals surface area contributed by atoms with Gasteiger partial charge in [-0.3, -0.25) is 4.98 Å². The highest BCUT2D eigenvalue weighted by molar-refractivity contribution is 5.51. The Labute approximate surface area is 132 Å². The summed E-state index contributed by atoms with van der Waals surface area (Å²) < 4.78 is 11.9. The summed E-state index contributed by atoms with van der Waals surface area (Å²) in [5, 5.41) is 37.6. The molecule has 9 nitrogen and oxygen atoms in total. The molecule has 1 saturated heterocycles. The second kappa shape index (κ2) is 6.69. The highest BCUT2D eigenvalue weighted by atomic mass is 16.7. The molecule has 23 heavy (non-hydrogen) atoms. The fraction of sp³-hybridized carbons (Fsp3) is 0.500. The molecule has 0 saturated carbocycles. The van der Waals surface area contributed by atoms with Crippen molar-refractivity contribution in [3.8, 4) is 11.4 Å². The smallest absolute Gasteiger partial charge is 0.186 e. The van der Waals surface area contributed by atoms with Gasteiger partial charge in [0.2, 0.25) is 0 Å². The molecule has 0 unspecified atom stereocenters. The van der Waals surface area contributed by atoms with Crippen LogP contribution in [0.3, 0.4) is 0 Å². The van der Waals surface area contributed by atoms with Crippen molar-refractivity contribution in [3.05, 3.63) is 30.6 Å². The van der Waals surface area contributed by atoms with Crippen molar-refractivity contribution < 1.29 is 24.8 Å². The van der Waals surface area contributed by atoms with E-state index in [0.717, 1.165) is 0 Å². The van der Waals surface area contributed by atoms with Gasteiger partial charge in [0.1, 0.15) is 30.1 Å². The first-order chi connectivity index (χ1) is 11.1. The number of aliphatic hydroxyl groups is 3. The summed E-state index contributed by atoms with van der Waals surface area (Å²) in [5.41, 5.74) is 1.26. The van der Waals surface area contributed by atoms with Gasteiger partial charge in [0.05, 0.1) is 18.4 Å². The zero-order chi connectivity index (χ0) is 16.4. The van der Waals surface area contributed by atoms with Gasteiger partial charge in [-0.1, -0.05) is 11.3 Å². The van der Waals surface area contributed by atoms with E-state index in [1.807, 2.05) is 6.07 Å². The summed E-state index contributed by atoms with van der Waals surface area (Å²) >= 11 is 0. The Morgan fingerprint density at radius 2 is 2.00 bits per heavy atom. The zero-order valence-corrected chi connectivity index (χ0v) is 12.4. The molecule has 2 aromatic rings. The van der Waals surface area contributed by atoms with Crippen molar-refractivity contribution in [2.24, 2.45) is 0 Å².